The van der Waals surface area contributed by atoms with Gasteiger partial charge in [0.2, 0.25) is 0 Å². The molecule has 3 aliphatic rings. The van der Waals surface area contributed by atoms with Crippen molar-refractivity contribution in [1.82, 2.24) is 9.97 Å². The van der Waals surface area contributed by atoms with Gasteiger partial charge in [-0.1, -0.05) is 18.6 Å². The van der Waals surface area contributed by atoms with Crippen molar-refractivity contribution in [2.45, 2.75) is 30.6 Å². The fraction of sp³-hybridized carbons (Fsp3) is 0.333. The summed E-state index contributed by atoms with van der Waals surface area (Å²) in [6.45, 7) is 1.74. The highest BCUT2D eigenvalue weighted by molar-refractivity contribution is 7.90. The Morgan fingerprint density at radius 2 is 1.68 bits per heavy atom. The third-order valence-corrected chi connectivity index (χ3v) is 7.98. The summed E-state index contributed by atoms with van der Waals surface area (Å²) in [5.74, 6) is 1.40. The van der Waals surface area contributed by atoms with Crippen LogP contribution in [0.5, 0.6) is 0 Å². The lowest BCUT2D eigenvalue weighted by atomic mass is 10.1. The first-order chi connectivity index (χ1) is 16.4. The molecule has 0 atom stereocenters. The van der Waals surface area contributed by atoms with Crippen molar-refractivity contribution in [2.75, 3.05) is 41.4 Å². The molecule has 2 aromatic carbocycles. The molecule has 6 rings (SSSR count). The van der Waals surface area contributed by atoms with E-state index in [1.807, 2.05) is 41.1 Å². The molecule has 4 heterocycles. The van der Waals surface area contributed by atoms with Crippen molar-refractivity contribution in [2.24, 2.45) is 4.40 Å². The number of benzene rings is 2. The molecule has 9 nitrogen and oxygen atoms in total. The van der Waals surface area contributed by atoms with E-state index < -0.39 is 10.0 Å². The number of anilines is 3. The summed E-state index contributed by atoms with van der Waals surface area (Å²) in [5, 5.41) is 0. The van der Waals surface area contributed by atoms with Gasteiger partial charge in [0.1, 0.15) is 10.7 Å². The summed E-state index contributed by atoms with van der Waals surface area (Å²) in [6, 6.07) is 12.4. The lowest BCUT2D eigenvalue weighted by Gasteiger charge is -2.34. The maximum absolute atomic E-state index is 13.6. The fourth-order valence-corrected chi connectivity index (χ4v) is 6.13. The van der Waals surface area contributed by atoms with Crippen LogP contribution in [-0.4, -0.2) is 56.8 Å². The van der Waals surface area contributed by atoms with Crippen molar-refractivity contribution in [3.05, 3.63) is 48.0 Å². The first-order valence-corrected chi connectivity index (χ1v) is 12.9. The molecule has 0 unspecified atom stereocenters. The predicted octanol–water partition coefficient (Wildman–Crippen LogP) is 3.21. The molecule has 0 spiro atoms. The Hall–Kier alpha value is -3.53. The number of aromatic nitrogens is 2. The van der Waals surface area contributed by atoms with E-state index in [9.17, 15) is 13.2 Å². The van der Waals surface area contributed by atoms with Gasteiger partial charge in [0, 0.05) is 38.7 Å². The van der Waals surface area contributed by atoms with Crippen molar-refractivity contribution >= 4 is 50.1 Å². The molecule has 1 saturated heterocycles. The van der Waals surface area contributed by atoms with Gasteiger partial charge in [0.15, 0.2) is 11.6 Å². The van der Waals surface area contributed by atoms with E-state index in [2.05, 4.69) is 4.40 Å². The van der Waals surface area contributed by atoms with Crippen LogP contribution >= 0.6 is 0 Å². The maximum atomic E-state index is 13.6. The average Bonchev–Trinajstić information content (AvgIpc) is 3.08. The molecule has 0 aliphatic carbocycles. The number of hydrogen-bond donors (Lipinski definition) is 0. The first-order valence-electron chi connectivity index (χ1n) is 11.5. The zero-order chi connectivity index (χ0) is 23.4. The van der Waals surface area contributed by atoms with Gasteiger partial charge in [-0.25, -0.2) is 9.97 Å². The molecule has 0 saturated carbocycles. The highest BCUT2D eigenvalue weighted by Gasteiger charge is 2.34. The van der Waals surface area contributed by atoms with Gasteiger partial charge in [0.25, 0.3) is 15.9 Å². The molecule has 174 valence electrons. The molecular weight excluding hydrogens is 452 g/mol. The number of fused-ring (bicyclic) bond motifs is 5. The summed E-state index contributed by atoms with van der Waals surface area (Å²) in [5.41, 5.74) is 2.35. The van der Waals surface area contributed by atoms with Crippen molar-refractivity contribution in [3.63, 3.8) is 0 Å². The van der Waals surface area contributed by atoms with E-state index >= 15 is 0 Å². The quantitative estimate of drug-likeness (QED) is 0.532. The van der Waals surface area contributed by atoms with Crippen molar-refractivity contribution in [1.29, 1.82) is 0 Å². The molecule has 3 aromatic rings. The number of nitrogens with zero attached hydrogens (tertiary/aromatic N) is 6. The second-order valence-corrected chi connectivity index (χ2v) is 10.4. The summed E-state index contributed by atoms with van der Waals surface area (Å²) in [4.78, 5) is 28.7. The standard InChI is InChI=1S/C24H24N6O3S/c1-28-13-14-30(23-22(28)25-17-7-4-5-8-18(17)26-23)24(31)16-10-11-19-20(15-16)34(32,33)27-21-9-3-2-6-12-29(19)21/h4-5,7-8,10-11,15H,2-3,6,9,12-14H2,1H3. The van der Waals surface area contributed by atoms with E-state index in [0.29, 0.717) is 53.7 Å². The van der Waals surface area contributed by atoms with Crippen LogP contribution in [0.3, 0.4) is 0 Å². The van der Waals surface area contributed by atoms with E-state index in [4.69, 9.17) is 9.97 Å². The molecule has 3 aliphatic heterocycles. The topological polar surface area (TPSA) is 99.1 Å². The zero-order valence-corrected chi connectivity index (χ0v) is 19.6. The lowest BCUT2D eigenvalue weighted by molar-refractivity contribution is 0.0985. The van der Waals surface area contributed by atoms with Gasteiger partial charge < -0.3 is 9.80 Å². The van der Waals surface area contributed by atoms with Crippen LogP contribution < -0.4 is 14.7 Å². The van der Waals surface area contributed by atoms with Gasteiger partial charge in [-0.2, -0.15) is 8.42 Å². The van der Waals surface area contributed by atoms with Gasteiger partial charge in [-0.3, -0.25) is 9.69 Å². The van der Waals surface area contributed by atoms with Crippen LogP contribution in [0.2, 0.25) is 0 Å². The number of carbonyl (C=O) groups is 1. The highest BCUT2D eigenvalue weighted by Crippen LogP contribution is 2.36. The number of sulfonamides is 1. The third kappa shape index (κ3) is 3.32. The number of rotatable bonds is 1. The molecule has 1 amide bonds. The normalized spacial score (nSPS) is 19.1. The summed E-state index contributed by atoms with van der Waals surface area (Å²) < 4.78 is 30.1. The van der Waals surface area contributed by atoms with E-state index in [1.165, 1.54) is 6.07 Å². The van der Waals surface area contributed by atoms with Crippen LogP contribution in [0.25, 0.3) is 11.0 Å². The molecule has 0 radical (unpaired) electrons. The Bertz CT molecular complexity index is 1470. The minimum atomic E-state index is -3.87. The number of likely N-dealkylation sites (N-methyl/N-ethyl adjacent to an activating group) is 1. The number of amides is 1. The maximum Gasteiger partial charge on any atom is 0.286 e. The van der Waals surface area contributed by atoms with Crippen LogP contribution in [0, 0.1) is 0 Å². The molecule has 1 aromatic heterocycles. The average molecular weight is 477 g/mol. The van der Waals surface area contributed by atoms with Gasteiger partial charge in [0.05, 0.1) is 16.7 Å². The number of hydrogen-bond acceptors (Lipinski definition) is 7. The van der Waals surface area contributed by atoms with E-state index in [0.717, 1.165) is 31.3 Å². The van der Waals surface area contributed by atoms with E-state index in [1.54, 1.807) is 17.0 Å². The van der Waals surface area contributed by atoms with Crippen LogP contribution in [-0.2, 0) is 10.0 Å². The third-order valence-electron chi connectivity index (χ3n) is 6.65. The molecular formula is C24H24N6O3S. The number of para-hydroxylation sites is 2. The smallest absolute Gasteiger partial charge is 0.286 e. The summed E-state index contributed by atoms with van der Waals surface area (Å²) in [7, 11) is -1.95. The van der Waals surface area contributed by atoms with E-state index in [-0.39, 0.29) is 10.8 Å². The summed E-state index contributed by atoms with van der Waals surface area (Å²) >= 11 is 0. The second-order valence-electron chi connectivity index (χ2n) is 8.87. The van der Waals surface area contributed by atoms with Crippen molar-refractivity contribution in [3.8, 4) is 0 Å². The van der Waals surface area contributed by atoms with Crippen LogP contribution in [0.1, 0.15) is 36.0 Å². The summed E-state index contributed by atoms with van der Waals surface area (Å²) in [6.07, 6.45) is 3.59. The predicted molar refractivity (Wildman–Crippen MR) is 131 cm³/mol. The van der Waals surface area contributed by atoms with Crippen LogP contribution in [0.15, 0.2) is 51.8 Å². The molecule has 0 N–H and O–H groups in total. The molecule has 0 bridgehead atoms. The Morgan fingerprint density at radius 1 is 0.912 bits per heavy atom. The highest BCUT2D eigenvalue weighted by atomic mass is 32.2. The molecule has 10 heteroatoms. The molecule has 34 heavy (non-hydrogen) atoms. The Kier molecular flexibility index (Phi) is 4.80. The van der Waals surface area contributed by atoms with Crippen molar-refractivity contribution < 1.29 is 13.2 Å². The monoisotopic (exact) mass is 476 g/mol. The Morgan fingerprint density at radius 3 is 2.47 bits per heavy atom. The van der Waals surface area contributed by atoms with Crippen LogP contribution in [0.4, 0.5) is 17.3 Å². The second kappa shape index (κ2) is 7.76. The minimum Gasteiger partial charge on any atom is -0.355 e. The van der Waals surface area contributed by atoms with Gasteiger partial charge in [-0.05, 0) is 43.2 Å². The SMILES string of the molecule is CN1CCN(C(=O)c2ccc3c(c2)S(=O)(=O)N=C2CCCCCN23)c2nc3ccccc3nc21. The fourth-order valence-electron chi connectivity index (χ4n) is 4.85. The zero-order valence-electron chi connectivity index (χ0n) is 18.8. The first kappa shape index (κ1) is 21.0. The number of amidine groups is 1. The Labute approximate surface area is 197 Å². The largest absolute Gasteiger partial charge is 0.355 e. The molecule has 1 fully saturated rings. The van der Waals surface area contributed by atoms with Gasteiger partial charge in [-0.15, -0.1) is 4.40 Å². The lowest BCUT2D eigenvalue weighted by Crippen LogP contribution is -2.44. The number of carbonyl (C=O) groups excluding carboxylic acids is 1. The van der Waals surface area contributed by atoms with Gasteiger partial charge >= 0.3 is 0 Å². The minimum absolute atomic E-state index is 0.0861. The Balaban J connectivity index is 1.42.